The van der Waals surface area contributed by atoms with Gasteiger partial charge in [0.05, 0.1) is 11.6 Å². The van der Waals surface area contributed by atoms with Crippen molar-refractivity contribution in [2.45, 2.75) is 51.2 Å². The van der Waals surface area contributed by atoms with Crippen molar-refractivity contribution < 1.29 is 9.53 Å². The van der Waals surface area contributed by atoms with E-state index in [9.17, 15) is 4.79 Å². The van der Waals surface area contributed by atoms with Crippen LogP contribution in [0.15, 0.2) is 24.3 Å². The number of carbonyl (C=O) groups is 1. The first-order chi connectivity index (χ1) is 8.99. The Morgan fingerprint density at radius 1 is 1.25 bits per heavy atom. The summed E-state index contributed by atoms with van der Waals surface area (Å²) in [7, 11) is 0. The number of benzene rings is 1. The molecule has 0 saturated heterocycles. The zero-order valence-corrected chi connectivity index (χ0v) is 12.8. The number of nitrogens with one attached hydrogen (secondary N) is 1. The average Bonchev–Trinajstić information content (AvgIpc) is 2.79. The maximum absolute atomic E-state index is 12.1. The Hall–Kier alpha value is -1.26. The SMILES string of the molecule is CC(C)Oc1ccc(NC(=O)C2(N)CCCC2)cc1.Cl. The highest BCUT2D eigenvalue weighted by molar-refractivity contribution is 5.98. The van der Waals surface area contributed by atoms with E-state index in [2.05, 4.69) is 5.32 Å². The number of carbonyl (C=O) groups excluding carboxylic acids is 1. The Kier molecular flexibility index (Phi) is 5.84. The zero-order valence-electron chi connectivity index (χ0n) is 12.0. The van der Waals surface area contributed by atoms with Crippen molar-refractivity contribution in [1.29, 1.82) is 0 Å². The summed E-state index contributed by atoms with van der Waals surface area (Å²) in [5.74, 6) is 0.721. The van der Waals surface area contributed by atoms with Gasteiger partial charge in [-0.2, -0.15) is 0 Å². The average molecular weight is 299 g/mol. The van der Waals surface area contributed by atoms with Crippen molar-refractivity contribution in [2.24, 2.45) is 5.73 Å². The summed E-state index contributed by atoms with van der Waals surface area (Å²) in [5.41, 5.74) is 6.18. The minimum absolute atomic E-state index is 0. The molecule has 2 rings (SSSR count). The van der Waals surface area contributed by atoms with E-state index >= 15 is 0 Å². The summed E-state index contributed by atoms with van der Waals surface area (Å²) in [6.45, 7) is 3.96. The van der Waals surface area contributed by atoms with Crippen LogP contribution in [0.25, 0.3) is 0 Å². The second-order valence-corrected chi connectivity index (χ2v) is 5.51. The first-order valence-corrected chi connectivity index (χ1v) is 6.87. The molecule has 1 aromatic rings. The van der Waals surface area contributed by atoms with Gasteiger partial charge < -0.3 is 15.8 Å². The van der Waals surface area contributed by atoms with Crippen LogP contribution < -0.4 is 15.8 Å². The fourth-order valence-corrected chi connectivity index (χ4v) is 2.38. The summed E-state index contributed by atoms with van der Waals surface area (Å²) >= 11 is 0. The standard InChI is InChI=1S/C15H22N2O2.ClH/c1-11(2)19-13-7-5-12(6-8-13)17-14(18)15(16)9-3-4-10-15;/h5-8,11H,3-4,9-10,16H2,1-2H3,(H,17,18);1H. The highest BCUT2D eigenvalue weighted by Gasteiger charge is 2.36. The Balaban J connectivity index is 0.00000200. The second kappa shape index (κ2) is 6.95. The van der Waals surface area contributed by atoms with E-state index in [0.29, 0.717) is 0 Å². The van der Waals surface area contributed by atoms with Gasteiger partial charge in [0.15, 0.2) is 0 Å². The van der Waals surface area contributed by atoms with Crippen LogP contribution in [-0.4, -0.2) is 17.6 Å². The molecule has 1 saturated carbocycles. The largest absolute Gasteiger partial charge is 0.491 e. The first kappa shape index (κ1) is 16.8. The highest BCUT2D eigenvalue weighted by atomic mass is 35.5. The molecule has 4 nitrogen and oxygen atoms in total. The van der Waals surface area contributed by atoms with E-state index < -0.39 is 5.54 Å². The Bertz CT molecular complexity index is 440. The fraction of sp³-hybridized carbons (Fsp3) is 0.533. The smallest absolute Gasteiger partial charge is 0.244 e. The van der Waals surface area contributed by atoms with Crippen LogP contribution in [0.3, 0.4) is 0 Å². The van der Waals surface area contributed by atoms with E-state index in [0.717, 1.165) is 37.1 Å². The Morgan fingerprint density at radius 2 is 1.80 bits per heavy atom. The quantitative estimate of drug-likeness (QED) is 0.897. The fourth-order valence-electron chi connectivity index (χ4n) is 2.38. The molecule has 1 amide bonds. The van der Waals surface area contributed by atoms with Crippen LogP contribution >= 0.6 is 12.4 Å². The van der Waals surface area contributed by atoms with Crippen LogP contribution in [0.4, 0.5) is 5.69 Å². The van der Waals surface area contributed by atoms with Crippen molar-refractivity contribution in [1.82, 2.24) is 0 Å². The van der Waals surface area contributed by atoms with Crippen molar-refractivity contribution >= 4 is 24.0 Å². The second-order valence-electron chi connectivity index (χ2n) is 5.51. The highest BCUT2D eigenvalue weighted by Crippen LogP contribution is 2.28. The van der Waals surface area contributed by atoms with Gasteiger partial charge in [0.25, 0.3) is 0 Å². The molecule has 0 atom stereocenters. The lowest BCUT2D eigenvalue weighted by atomic mass is 9.98. The molecule has 1 aliphatic carbocycles. The molecule has 5 heteroatoms. The molecule has 20 heavy (non-hydrogen) atoms. The van der Waals surface area contributed by atoms with Crippen molar-refractivity contribution in [3.05, 3.63) is 24.3 Å². The van der Waals surface area contributed by atoms with Gasteiger partial charge in [-0.25, -0.2) is 0 Å². The summed E-state index contributed by atoms with van der Waals surface area (Å²) in [6.07, 6.45) is 3.75. The number of rotatable bonds is 4. The van der Waals surface area contributed by atoms with Crippen LogP contribution in [-0.2, 0) is 4.79 Å². The molecule has 0 bridgehead atoms. The third-order valence-corrected chi connectivity index (χ3v) is 3.43. The minimum atomic E-state index is -0.687. The van der Waals surface area contributed by atoms with Gasteiger partial charge in [-0.1, -0.05) is 12.8 Å². The third-order valence-electron chi connectivity index (χ3n) is 3.43. The number of ether oxygens (including phenoxy) is 1. The molecule has 0 aromatic heterocycles. The lowest BCUT2D eigenvalue weighted by Gasteiger charge is -2.22. The van der Waals surface area contributed by atoms with Gasteiger partial charge in [-0.15, -0.1) is 12.4 Å². The maximum atomic E-state index is 12.1. The number of hydrogen-bond acceptors (Lipinski definition) is 3. The van der Waals surface area contributed by atoms with Gasteiger partial charge in [0.1, 0.15) is 5.75 Å². The maximum Gasteiger partial charge on any atom is 0.244 e. The Morgan fingerprint density at radius 3 is 2.30 bits per heavy atom. The van der Waals surface area contributed by atoms with Crippen LogP contribution in [0, 0.1) is 0 Å². The Labute approximate surface area is 126 Å². The molecule has 0 spiro atoms. The molecular weight excluding hydrogens is 276 g/mol. The van der Waals surface area contributed by atoms with Crippen LogP contribution in [0.1, 0.15) is 39.5 Å². The van der Waals surface area contributed by atoms with Crippen molar-refractivity contribution in [3.8, 4) is 5.75 Å². The van der Waals surface area contributed by atoms with Gasteiger partial charge in [-0.3, -0.25) is 4.79 Å². The van der Waals surface area contributed by atoms with Crippen molar-refractivity contribution in [2.75, 3.05) is 5.32 Å². The number of amides is 1. The van der Waals surface area contributed by atoms with E-state index in [4.69, 9.17) is 10.5 Å². The molecule has 1 fully saturated rings. The van der Waals surface area contributed by atoms with Crippen LogP contribution in [0.2, 0.25) is 0 Å². The van der Waals surface area contributed by atoms with Crippen molar-refractivity contribution in [3.63, 3.8) is 0 Å². The summed E-state index contributed by atoms with van der Waals surface area (Å²) in [5, 5.41) is 2.89. The number of nitrogens with two attached hydrogens (primary N) is 1. The van der Waals surface area contributed by atoms with Gasteiger partial charge in [0, 0.05) is 5.69 Å². The van der Waals surface area contributed by atoms with Gasteiger partial charge in [-0.05, 0) is 51.0 Å². The van der Waals surface area contributed by atoms with Crippen LogP contribution in [0.5, 0.6) is 5.75 Å². The predicted octanol–water partition coefficient (Wildman–Crippen LogP) is 3.11. The summed E-state index contributed by atoms with van der Waals surface area (Å²) in [4.78, 5) is 12.1. The molecule has 1 aromatic carbocycles. The number of hydrogen-bond donors (Lipinski definition) is 2. The summed E-state index contributed by atoms with van der Waals surface area (Å²) < 4.78 is 5.56. The number of anilines is 1. The normalized spacial score (nSPS) is 16.6. The monoisotopic (exact) mass is 298 g/mol. The molecule has 0 heterocycles. The topological polar surface area (TPSA) is 64.3 Å². The first-order valence-electron chi connectivity index (χ1n) is 6.87. The molecule has 0 radical (unpaired) electrons. The number of halogens is 1. The minimum Gasteiger partial charge on any atom is -0.491 e. The molecule has 0 aliphatic heterocycles. The van der Waals surface area contributed by atoms with Gasteiger partial charge in [0.2, 0.25) is 5.91 Å². The third kappa shape index (κ3) is 4.12. The van der Waals surface area contributed by atoms with E-state index in [1.807, 2.05) is 38.1 Å². The zero-order chi connectivity index (χ0) is 13.9. The predicted molar refractivity (Wildman–Crippen MR) is 83.5 cm³/mol. The molecule has 1 aliphatic rings. The molecule has 0 unspecified atom stereocenters. The lowest BCUT2D eigenvalue weighted by molar-refractivity contribution is -0.121. The molecular formula is C15H23ClN2O2. The van der Waals surface area contributed by atoms with E-state index in [1.165, 1.54) is 0 Å². The van der Waals surface area contributed by atoms with E-state index in [1.54, 1.807) is 0 Å². The summed E-state index contributed by atoms with van der Waals surface area (Å²) in [6, 6.07) is 7.39. The molecule has 112 valence electrons. The lowest BCUT2D eigenvalue weighted by Crippen LogP contribution is -2.48. The van der Waals surface area contributed by atoms with Gasteiger partial charge >= 0.3 is 0 Å². The molecule has 3 N–H and O–H groups in total. The van der Waals surface area contributed by atoms with E-state index in [-0.39, 0.29) is 24.4 Å².